The van der Waals surface area contributed by atoms with Crippen LogP contribution in [-0.4, -0.2) is 12.7 Å². The van der Waals surface area contributed by atoms with Crippen LogP contribution < -0.4 is 5.32 Å². The SMILES string of the molecule is O=C1NCc2ccccc2CCO1. The Hall–Kier alpha value is -1.51. The molecule has 3 heteroatoms. The molecule has 2 rings (SSSR count). The van der Waals surface area contributed by atoms with Crippen LogP contribution in [0.25, 0.3) is 0 Å². The smallest absolute Gasteiger partial charge is 0.407 e. The molecule has 0 saturated carbocycles. The molecule has 1 heterocycles. The molecule has 1 N–H and O–H groups in total. The Morgan fingerprint density at radius 3 is 2.85 bits per heavy atom. The maximum atomic E-state index is 10.9. The molecule has 1 aromatic carbocycles. The van der Waals surface area contributed by atoms with Gasteiger partial charge in [-0.25, -0.2) is 4.79 Å². The molecule has 0 spiro atoms. The fourth-order valence-corrected chi connectivity index (χ4v) is 1.45. The number of benzene rings is 1. The fourth-order valence-electron chi connectivity index (χ4n) is 1.45. The zero-order valence-corrected chi connectivity index (χ0v) is 7.25. The van der Waals surface area contributed by atoms with E-state index >= 15 is 0 Å². The van der Waals surface area contributed by atoms with Gasteiger partial charge in [0.15, 0.2) is 0 Å². The highest BCUT2D eigenvalue weighted by Gasteiger charge is 2.09. The molecule has 1 amide bonds. The first-order valence-corrected chi connectivity index (χ1v) is 4.33. The minimum absolute atomic E-state index is 0.325. The number of hydrogen-bond donors (Lipinski definition) is 1. The highest BCUT2D eigenvalue weighted by Crippen LogP contribution is 2.11. The lowest BCUT2D eigenvalue weighted by Gasteiger charge is -2.14. The number of amides is 1. The molecule has 0 bridgehead atoms. The Kier molecular flexibility index (Phi) is 2.17. The molecule has 0 atom stereocenters. The summed E-state index contributed by atoms with van der Waals surface area (Å²) < 4.78 is 4.89. The minimum Gasteiger partial charge on any atom is -0.449 e. The van der Waals surface area contributed by atoms with Gasteiger partial charge < -0.3 is 10.1 Å². The van der Waals surface area contributed by atoms with E-state index in [2.05, 4.69) is 11.4 Å². The molecule has 0 saturated heterocycles. The van der Waals surface area contributed by atoms with Crippen molar-refractivity contribution in [3.63, 3.8) is 0 Å². The standard InChI is InChI=1S/C10H11NO2/c12-10-11-7-9-4-2-1-3-8(9)5-6-13-10/h1-4H,5-7H2,(H,11,12). The molecular weight excluding hydrogens is 166 g/mol. The van der Waals surface area contributed by atoms with Gasteiger partial charge in [0, 0.05) is 13.0 Å². The Morgan fingerprint density at radius 2 is 2.00 bits per heavy atom. The third-order valence-electron chi connectivity index (χ3n) is 2.15. The second kappa shape index (κ2) is 3.47. The number of carbonyl (C=O) groups is 1. The first kappa shape index (κ1) is 8.10. The quantitative estimate of drug-likeness (QED) is 0.651. The zero-order chi connectivity index (χ0) is 9.10. The van der Waals surface area contributed by atoms with E-state index in [1.165, 1.54) is 11.1 Å². The van der Waals surface area contributed by atoms with E-state index in [1.54, 1.807) is 0 Å². The highest BCUT2D eigenvalue weighted by atomic mass is 16.5. The number of rotatable bonds is 0. The monoisotopic (exact) mass is 177 g/mol. The number of alkyl carbamates (subject to hydrolysis) is 1. The van der Waals surface area contributed by atoms with E-state index < -0.39 is 0 Å². The molecule has 1 aliphatic heterocycles. The van der Waals surface area contributed by atoms with E-state index in [9.17, 15) is 4.79 Å². The van der Waals surface area contributed by atoms with Gasteiger partial charge in [-0.15, -0.1) is 0 Å². The van der Waals surface area contributed by atoms with E-state index in [4.69, 9.17) is 4.74 Å². The van der Waals surface area contributed by atoms with E-state index in [0.717, 1.165) is 6.42 Å². The van der Waals surface area contributed by atoms with Gasteiger partial charge in [-0.05, 0) is 11.1 Å². The third-order valence-corrected chi connectivity index (χ3v) is 2.15. The van der Waals surface area contributed by atoms with Crippen molar-refractivity contribution in [2.24, 2.45) is 0 Å². The number of nitrogens with one attached hydrogen (secondary N) is 1. The van der Waals surface area contributed by atoms with Crippen LogP contribution in [0.4, 0.5) is 4.79 Å². The Morgan fingerprint density at radius 1 is 1.23 bits per heavy atom. The zero-order valence-electron chi connectivity index (χ0n) is 7.25. The number of hydrogen-bond acceptors (Lipinski definition) is 2. The lowest BCUT2D eigenvalue weighted by Crippen LogP contribution is -2.27. The van der Waals surface area contributed by atoms with Gasteiger partial charge >= 0.3 is 6.09 Å². The van der Waals surface area contributed by atoms with Crippen molar-refractivity contribution in [1.82, 2.24) is 5.32 Å². The number of fused-ring (bicyclic) bond motifs is 1. The van der Waals surface area contributed by atoms with Gasteiger partial charge in [0.05, 0.1) is 6.61 Å². The van der Waals surface area contributed by atoms with Gasteiger partial charge in [-0.3, -0.25) is 0 Å². The van der Waals surface area contributed by atoms with Gasteiger partial charge in [0.2, 0.25) is 0 Å². The molecule has 0 aromatic heterocycles. The predicted molar refractivity (Wildman–Crippen MR) is 48.3 cm³/mol. The van der Waals surface area contributed by atoms with Crippen LogP contribution in [0.3, 0.4) is 0 Å². The maximum Gasteiger partial charge on any atom is 0.407 e. The second-order valence-corrected chi connectivity index (χ2v) is 3.01. The summed E-state index contributed by atoms with van der Waals surface area (Å²) in [5.74, 6) is 0. The second-order valence-electron chi connectivity index (χ2n) is 3.01. The van der Waals surface area contributed by atoms with Gasteiger partial charge in [0.25, 0.3) is 0 Å². The molecule has 0 unspecified atom stereocenters. The lowest BCUT2D eigenvalue weighted by molar-refractivity contribution is 0.145. The van der Waals surface area contributed by atoms with Crippen LogP contribution in [0.5, 0.6) is 0 Å². The predicted octanol–water partition coefficient (Wildman–Crippen LogP) is 1.47. The van der Waals surface area contributed by atoms with Crippen LogP contribution in [0, 0.1) is 0 Å². The molecule has 0 radical (unpaired) electrons. The van der Waals surface area contributed by atoms with Crippen molar-refractivity contribution >= 4 is 6.09 Å². The van der Waals surface area contributed by atoms with Gasteiger partial charge in [-0.1, -0.05) is 24.3 Å². The van der Waals surface area contributed by atoms with Gasteiger partial charge in [0.1, 0.15) is 0 Å². The summed E-state index contributed by atoms with van der Waals surface area (Å²) in [7, 11) is 0. The van der Waals surface area contributed by atoms with E-state index in [1.807, 2.05) is 18.2 Å². The maximum absolute atomic E-state index is 10.9. The normalized spacial score (nSPS) is 16.2. The van der Waals surface area contributed by atoms with Crippen LogP contribution in [0.1, 0.15) is 11.1 Å². The Labute approximate surface area is 76.7 Å². The topological polar surface area (TPSA) is 38.3 Å². The van der Waals surface area contributed by atoms with Crippen LogP contribution in [-0.2, 0) is 17.7 Å². The fraction of sp³-hybridized carbons (Fsp3) is 0.300. The van der Waals surface area contributed by atoms with Crippen LogP contribution in [0.15, 0.2) is 24.3 Å². The van der Waals surface area contributed by atoms with Crippen molar-refractivity contribution in [3.05, 3.63) is 35.4 Å². The minimum atomic E-state index is -0.325. The van der Waals surface area contributed by atoms with Crippen molar-refractivity contribution in [1.29, 1.82) is 0 Å². The molecule has 0 fully saturated rings. The van der Waals surface area contributed by atoms with Crippen LogP contribution >= 0.6 is 0 Å². The van der Waals surface area contributed by atoms with Crippen molar-refractivity contribution < 1.29 is 9.53 Å². The number of carbonyl (C=O) groups excluding carboxylic acids is 1. The van der Waals surface area contributed by atoms with Crippen LogP contribution in [0.2, 0.25) is 0 Å². The summed E-state index contributed by atoms with van der Waals surface area (Å²) in [4.78, 5) is 10.9. The highest BCUT2D eigenvalue weighted by molar-refractivity contribution is 5.67. The summed E-state index contributed by atoms with van der Waals surface area (Å²) in [6.45, 7) is 1.03. The summed E-state index contributed by atoms with van der Waals surface area (Å²) >= 11 is 0. The molecule has 1 aromatic rings. The van der Waals surface area contributed by atoms with Crippen molar-refractivity contribution in [3.8, 4) is 0 Å². The van der Waals surface area contributed by atoms with E-state index in [-0.39, 0.29) is 6.09 Å². The average Bonchev–Trinajstić information content (AvgIpc) is 2.13. The first-order chi connectivity index (χ1) is 6.36. The summed E-state index contributed by atoms with van der Waals surface area (Å²) in [5.41, 5.74) is 2.43. The Bertz CT molecular complexity index is 322. The average molecular weight is 177 g/mol. The molecular formula is C10H11NO2. The van der Waals surface area contributed by atoms with Crippen molar-refractivity contribution in [2.45, 2.75) is 13.0 Å². The third kappa shape index (κ3) is 1.80. The summed E-state index contributed by atoms with van der Waals surface area (Å²) in [6.07, 6.45) is 0.485. The molecule has 3 nitrogen and oxygen atoms in total. The molecule has 0 aliphatic carbocycles. The van der Waals surface area contributed by atoms with Crippen molar-refractivity contribution in [2.75, 3.05) is 6.61 Å². The van der Waals surface area contributed by atoms with Gasteiger partial charge in [-0.2, -0.15) is 0 Å². The largest absolute Gasteiger partial charge is 0.449 e. The summed E-state index contributed by atoms with van der Waals surface area (Å²) in [6, 6.07) is 8.08. The number of cyclic esters (lactones) is 1. The molecule has 68 valence electrons. The van der Waals surface area contributed by atoms with E-state index in [0.29, 0.717) is 13.2 Å². The summed E-state index contributed by atoms with van der Waals surface area (Å²) in [5, 5.41) is 2.68. The number of ether oxygens (including phenoxy) is 1. The lowest BCUT2D eigenvalue weighted by atomic mass is 10.0. The Balaban J connectivity index is 2.24. The first-order valence-electron chi connectivity index (χ1n) is 4.33. The molecule has 1 aliphatic rings. The molecule has 13 heavy (non-hydrogen) atoms.